The molecule has 0 aliphatic carbocycles. The molecule has 0 amide bonds. The third kappa shape index (κ3) is 5.16. The Balaban J connectivity index is 2.16. The highest BCUT2D eigenvalue weighted by molar-refractivity contribution is 6.13. The van der Waals surface area contributed by atoms with Crippen LogP contribution in [0.15, 0.2) is 18.2 Å². The molecular weight excluding hydrogens is 349 g/mol. The summed E-state index contributed by atoms with van der Waals surface area (Å²) in [5.41, 5.74) is 0.264. The Morgan fingerprint density at radius 1 is 1.11 bits per heavy atom. The number of ketones is 1. The summed E-state index contributed by atoms with van der Waals surface area (Å²) in [7, 11) is 1.36. The van der Waals surface area contributed by atoms with Crippen molar-refractivity contribution in [3.8, 4) is 5.88 Å². The average Bonchev–Trinajstić information content (AvgIpc) is 2.92. The first-order valence-electron chi connectivity index (χ1n) is 9.59. The molecule has 1 heterocycles. The van der Waals surface area contributed by atoms with Gasteiger partial charge >= 0.3 is 0 Å². The summed E-state index contributed by atoms with van der Waals surface area (Å²) in [6, 6.07) is 3.79. The van der Waals surface area contributed by atoms with Gasteiger partial charge in [0.15, 0.2) is 5.78 Å². The van der Waals surface area contributed by atoms with E-state index in [-0.39, 0.29) is 29.9 Å². The van der Waals surface area contributed by atoms with E-state index in [0.29, 0.717) is 11.9 Å². The molecule has 0 unspecified atom stereocenters. The molecule has 1 aromatic carbocycles. The third-order valence-corrected chi connectivity index (χ3v) is 4.70. The van der Waals surface area contributed by atoms with Crippen LogP contribution in [0.2, 0.25) is 0 Å². The van der Waals surface area contributed by atoms with E-state index in [1.807, 2.05) is 0 Å². The summed E-state index contributed by atoms with van der Waals surface area (Å²) in [4.78, 5) is 24.9. The molecule has 2 rings (SSSR count). The molecule has 1 aromatic heterocycles. The van der Waals surface area contributed by atoms with Crippen LogP contribution in [0.1, 0.15) is 73.4 Å². The number of methoxy groups -OCH3 is 1. The summed E-state index contributed by atoms with van der Waals surface area (Å²) in [5, 5.41) is 10.7. The lowest BCUT2D eigenvalue weighted by atomic mass is 10.1. The van der Waals surface area contributed by atoms with Crippen molar-refractivity contribution in [1.82, 2.24) is 4.57 Å². The van der Waals surface area contributed by atoms with Gasteiger partial charge in [0.2, 0.25) is 11.8 Å². The molecule has 0 saturated carbocycles. The second-order valence-electron chi connectivity index (χ2n) is 6.82. The summed E-state index contributed by atoms with van der Waals surface area (Å²) in [6.45, 7) is 1.92. The predicted octanol–water partition coefficient (Wildman–Crippen LogP) is 5.10. The lowest BCUT2D eigenvalue weighted by Crippen LogP contribution is -2.11. The van der Waals surface area contributed by atoms with Gasteiger partial charge in [-0.2, -0.15) is 0 Å². The van der Waals surface area contributed by atoms with Crippen molar-refractivity contribution in [3.05, 3.63) is 29.6 Å². The number of fused-ring (bicyclic) bond motifs is 1. The minimum atomic E-state index is -0.536. The maximum atomic E-state index is 13.7. The van der Waals surface area contributed by atoms with Gasteiger partial charge in [-0.25, -0.2) is 8.96 Å². The van der Waals surface area contributed by atoms with Gasteiger partial charge in [0, 0.05) is 18.9 Å². The quantitative estimate of drug-likeness (QED) is 0.437. The molecule has 1 N–H and O–H groups in total. The molecule has 27 heavy (non-hydrogen) atoms. The number of benzene rings is 1. The van der Waals surface area contributed by atoms with Crippen LogP contribution in [0.5, 0.6) is 5.88 Å². The van der Waals surface area contributed by atoms with Crippen LogP contribution >= 0.6 is 0 Å². The van der Waals surface area contributed by atoms with Crippen LogP contribution in [-0.4, -0.2) is 35.1 Å². The number of carbonyl (C=O) groups excluding carboxylic acids is 2. The van der Waals surface area contributed by atoms with Crippen molar-refractivity contribution in [3.63, 3.8) is 0 Å². The Bertz CT molecular complexity index is 797. The van der Waals surface area contributed by atoms with Crippen LogP contribution < -0.4 is 0 Å². The number of unbranched alkanes of at least 4 members (excludes halogenated alkanes) is 6. The third-order valence-electron chi connectivity index (χ3n) is 4.70. The van der Waals surface area contributed by atoms with Gasteiger partial charge in [-0.3, -0.25) is 9.59 Å². The molecule has 5 nitrogen and oxygen atoms in total. The van der Waals surface area contributed by atoms with E-state index in [2.05, 4.69) is 6.92 Å². The monoisotopic (exact) mass is 377 g/mol. The summed E-state index contributed by atoms with van der Waals surface area (Å²) in [5.74, 6) is -1.77. The standard InChI is InChI=1S/C21H28FNO4/c1-3-4-5-6-7-8-9-10-19(25)23-17-12-11-15(22)13-16(17)20(21(23)26)18(24)14-27-2/h11-13,26H,3-10,14H2,1-2H3. The van der Waals surface area contributed by atoms with Crippen molar-refractivity contribution in [2.75, 3.05) is 13.7 Å². The number of hydrogen-bond donors (Lipinski definition) is 1. The van der Waals surface area contributed by atoms with Crippen LogP contribution in [-0.2, 0) is 4.74 Å². The zero-order valence-corrected chi connectivity index (χ0v) is 16.1. The maximum Gasteiger partial charge on any atom is 0.233 e. The van der Waals surface area contributed by atoms with E-state index in [1.54, 1.807) is 0 Å². The van der Waals surface area contributed by atoms with E-state index in [4.69, 9.17) is 4.74 Å². The van der Waals surface area contributed by atoms with E-state index >= 15 is 0 Å². The largest absolute Gasteiger partial charge is 0.494 e. The first kappa shape index (κ1) is 21.1. The maximum absolute atomic E-state index is 13.7. The van der Waals surface area contributed by atoms with Crippen LogP contribution in [0.25, 0.3) is 10.9 Å². The van der Waals surface area contributed by atoms with Crippen LogP contribution in [0.4, 0.5) is 4.39 Å². The topological polar surface area (TPSA) is 68.5 Å². The van der Waals surface area contributed by atoms with Gasteiger partial charge < -0.3 is 9.84 Å². The molecule has 148 valence electrons. The fourth-order valence-corrected chi connectivity index (χ4v) is 3.33. The Labute approximate surface area is 159 Å². The molecule has 6 heteroatoms. The lowest BCUT2D eigenvalue weighted by Gasteiger charge is -2.06. The highest BCUT2D eigenvalue weighted by Crippen LogP contribution is 2.33. The van der Waals surface area contributed by atoms with Crippen molar-refractivity contribution in [2.24, 2.45) is 0 Å². The molecular formula is C21H28FNO4. The summed E-state index contributed by atoms with van der Waals surface area (Å²) < 4.78 is 19.6. The van der Waals surface area contributed by atoms with Crippen molar-refractivity contribution >= 4 is 22.6 Å². The van der Waals surface area contributed by atoms with Crippen molar-refractivity contribution in [2.45, 2.75) is 58.3 Å². The molecule has 0 saturated heterocycles. The number of hydrogen-bond acceptors (Lipinski definition) is 4. The highest BCUT2D eigenvalue weighted by Gasteiger charge is 2.25. The van der Waals surface area contributed by atoms with Crippen molar-refractivity contribution < 1.29 is 23.8 Å². The molecule has 2 aromatic rings. The number of Topliss-reactive ketones (excluding diaryl/α,β-unsaturated/α-hetero) is 1. The highest BCUT2D eigenvalue weighted by atomic mass is 19.1. The Hall–Kier alpha value is -2.21. The van der Waals surface area contributed by atoms with E-state index in [0.717, 1.165) is 29.9 Å². The predicted molar refractivity (Wildman–Crippen MR) is 103 cm³/mol. The Morgan fingerprint density at radius 3 is 2.44 bits per heavy atom. The number of aromatic hydroxyl groups is 1. The number of ether oxygens (including phenoxy) is 1. The van der Waals surface area contributed by atoms with Crippen LogP contribution in [0, 0.1) is 5.82 Å². The second kappa shape index (κ2) is 10.2. The normalized spacial score (nSPS) is 11.2. The lowest BCUT2D eigenvalue weighted by molar-refractivity contribution is 0.0845. The minimum absolute atomic E-state index is 0.0701. The van der Waals surface area contributed by atoms with E-state index < -0.39 is 17.5 Å². The van der Waals surface area contributed by atoms with E-state index in [1.165, 1.54) is 38.5 Å². The molecule has 0 fully saturated rings. The number of aromatic nitrogens is 1. The van der Waals surface area contributed by atoms with Crippen molar-refractivity contribution in [1.29, 1.82) is 0 Å². The average molecular weight is 377 g/mol. The van der Waals surface area contributed by atoms with E-state index in [9.17, 15) is 19.1 Å². The fourth-order valence-electron chi connectivity index (χ4n) is 3.33. The number of carbonyl (C=O) groups is 2. The zero-order chi connectivity index (χ0) is 19.8. The van der Waals surface area contributed by atoms with Gasteiger partial charge in [0.05, 0.1) is 11.1 Å². The molecule has 0 spiro atoms. The number of rotatable bonds is 11. The van der Waals surface area contributed by atoms with Gasteiger partial charge in [-0.15, -0.1) is 0 Å². The number of nitrogens with zero attached hydrogens (tertiary/aromatic N) is 1. The molecule has 0 aliphatic rings. The first-order chi connectivity index (χ1) is 13.0. The molecule has 0 bridgehead atoms. The molecule has 0 aliphatic heterocycles. The zero-order valence-electron chi connectivity index (χ0n) is 16.1. The summed E-state index contributed by atoms with van der Waals surface area (Å²) in [6.07, 6.45) is 7.81. The SMILES string of the molecule is CCCCCCCCCC(=O)n1c(O)c(C(=O)COC)c2cc(F)ccc21. The van der Waals surface area contributed by atoms with Gasteiger partial charge in [-0.1, -0.05) is 45.4 Å². The minimum Gasteiger partial charge on any atom is -0.494 e. The summed E-state index contributed by atoms with van der Waals surface area (Å²) >= 11 is 0. The number of halogens is 1. The first-order valence-corrected chi connectivity index (χ1v) is 9.59. The Kier molecular flexibility index (Phi) is 7.98. The van der Waals surface area contributed by atoms with Crippen LogP contribution in [0.3, 0.4) is 0 Å². The smallest absolute Gasteiger partial charge is 0.233 e. The van der Waals surface area contributed by atoms with Gasteiger partial charge in [0.1, 0.15) is 12.4 Å². The fraction of sp³-hybridized carbons (Fsp3) is 0.524. The molecule has 0 atom stereocenters. The Morgan fingerprint density at radius 2 is 1.78 bits per heavy atom. The second-order valence-corrected chi connectivity index (χ2v) is 6.82. The molecule has 0 radical (unpaired) electrons. The van der Waals surface area contributed by atoms with Gasteiger partial charge in [-0.05, 0) is 24.6 Å². The van der Waals surface area contributed by atoms with Gasteiger partial charge in [0.25, 0.3) is 0 Å².